The molecular weight excluding hydrogens is 431 g/mol. The highest BCUT2D eigenvalue weighted by Gasteiger charge is 2.31. The zero-order valence-electron chi connectivity index (χ0n) is 14.3. The van der Waals surface area contributed by atoms with Crippen molar-refractivity contribution in [3.63, 3.8) is 0 Å². The summed E-state index contributed by atoms with van der Waals surface area (Å²) in [5.74, 6) is 0. The lowest BCUT2D eigenvalue weighted by Crippen LogP contribution is -2.37. The molecule has 2 aromatic carbocycles. The molecule has 0 unspecified atom stereocenters. The second-order valence-corrected chi connectivity index (χ2v) is 10.8. The Kier molecular flexibility index (Phi) is 6.14. The van der Waals surface area contributed by atoms with Gasteiger partial charge in [0, 0.05) is 36.2 Å². The van der Waals surface area contributed by atoms with Gasteiger partial charge in [-0.05, 0) is 55.0 Å². The van der Waals surface area contributed by atoms with Gasteiger partial charge in [-0.25, -0.2) is 16.8 Å². The van der Waals surface area contributed by atoms with Crippen LogP contribution in [0.2, 0.25) is 10.0 Å². The van der Waals surface area contributed by atoms with Crippen molar-refractivity contribution in [2.24, 2.45) is 0 Å². The van der Waals surface area contributed by atoms with Gasteiger partial charge in [-0.3, -0.25) is 0 Å². The molecule has 0 bridgehead atoms. The Bertz CT molecular complexity index is 924. The number of sulfonamides is 2. The molecule has 2 aromatic rings. The molecule has 0 spiro atoms. The minimum Gasteiger partial charge on any atom is -0.207 e. The molecule has 1 aliphatic rings. The van der Waals surface area contributed by atoms with Crippen molar-refractivity contribution < 1.29 is 16.8 Å². The van der Waals surface area contributed by atoms with Crippen molar-refractivity contribution in [3.8, 4) is 0 Å². The molecule has 1 heterocycles. The van der Waals surface area contributed by atoms with Crippen LogP contribution >= 0.6 is 23.2 Å². The van der Waals surface area contributed by atoms with Gasteiger partial charge < -0.3 is 0 Å². The fourth-order valence-corrected chi connectivity index (χ4v) is 6.05. The molecule has 1 fully saturated rings. The Balaban J connectivity index is 1.79. The molecule has 0 aliphatic carbocycles. The standard InChI is InChI=1S/C17H18Cl2N2O4S2/c18-14-2-6-16(7-3-14)26(22,23)20-10-1-11-21(13-12-20)27(24,25)17-8-4-15(19)5-9-17/h2-9H,1,10-13H2. The molecule has 27 heavy (non-hydrogen) atoms. The zero-order chi connectivity index (χ0) is 19.7. The molecule has 0 amide bonds. The molecule has 0 N–H and O–H groups in total. The van der Waals surface area contributed by atoms with Crippen LogP contribution in [0.5, 0.6) is 0 Å². The highest BCUT2D eigenvalue weighted by atomic mass is 35.5. The molecular formula is C17H18Cl2N2O4S2. The van der Waals surface area contributed by atoms with Gasteiger partial charge in [0.2, 0.25) is 20.0 Å². The van der Waals surface area contributed by atoms with E-state index in [4.69, 9.17) is 23.2 Å². The average Bonchev–Trinajstić information content (AvgIpc) is 2.90. The van der Waals surface area contributed by atoms with Gasteiger partial charge in [-0.2, -0.15) is 8.61 Å². The molecule has 1 aliphatic heterocycles. The van der Waals surface area contributed by atoms with Crippen LogP contribution in [-0.2, 0) is 20.0 Å². The van der Waals surface area contributed by atoms with Gasteiger partial charge in [-0.15, -0.1) is 0 Å². The second kappa shape index (κ2) is 8.06. The van der Waals surface area contributed by atoms with Crippen molar-refractivity contribution >= 4 is 43.2 Å². The van der Waals surface area contributed by atoms with Crippen LogP contribution in [-0.4, -0.2) is 51.6 Å². The smallest absolute Gasteiger partial charge is 0.207 e. The Morgan fingerprint density at radius 1 is 0.593 bits per heavy atom. The highest BCUT2D eigenvalue weighted by Crippen LogP contribution is 2.23. The van der Waals surface area contributed by atoms with E-state index in [1.165, 1.54) is 57.1 Å². The van der Waals surface area contributed by atoms with Gasteiger partial charge in [0.1, 0.15) is 0 Å². The first kappa shape index (κ1) is 20.6. The first-order valence-corrected chi connectivity index (χ1v) is 11.9. The van der Waals surface area contributed by atoms with Crippen LogP contribution in [0.15, 0.2) is 58.3 Å². The van der Waals surface area contributed by atoms with E-state index in [2.05, 4.69) is 0 Å². The fraction of sp³-hybridized carbons (Fsp3) is 0.294. The summed E-state index contributed by atoms with van der Waals surface area (Å²) in [6, 6.07) is 11.9. The number of hydrogen-bond donors (Lipinski definition) is 0. The van der Waals surface area contributed by atoms with E-state index in [1.807, 2.05) is 0 Å². The van der Waals surface area contributed by atoms with E-state index in [-0.39, 0.29) is 36.0 Å². The summed E-state index contributed by atoms with van der Waals surface area (Å²) in [4.78, 5) is 0.279. The molecule has 0 saturated carbocycles. The monoisotopic (exact) mass is 448 g/mol. The van der Waals surface area contributed by atoms with Gasteiger partial charge >= 0.3 is 0 Å². The second-order valence-electron chi connectivity index (χ2n) is 6.07. The molecule has 0 radical (unpaired) electrons. The van der Waals surface area contributed by atoms with Gasteiger partial charge in [0.15, 0.2) is 0 Å². The zero-order valence-corrected chi connectivity index (χ0v) is 17.4. The van der Waals surface area contributed by atoms with Crippen molar-refractivity contribution in [1.29, 1.82) is 0 Å². The highest BCUT2D eigenvalue weighted by molar-refractivity contribution is 7.89. The lowest BCUT2D eigenvalue weighted by Gasteiger charge is -2.21. The largest absolute Gasteiger partial charge is 0.243 e. The molecule has 6 nitrogen and oxygen atoms in total. The Hall–Kier alpha value is -1.16. The Morgan fingerprint density at radius 2 is 0.926 bits per heavy atom. The summed E-state index contributed by atoms with van der Waals surface area (Å²) in [6.45, 7) is 0.657. The third kappa shape index (κ3) is 4.47. The van der Waals surface area contributed by atoms with Crippen LogP contribution in [0.4, 0.5) is 0 Å². The van der Waals surface area contributed by atoms with Crippen LogP contribution in [0, 0.1) is 0 Å². The van der Waals surface area contributed by atoms with Crippen molar-refractivity contribution in [2.45, 2.75) is 16.2 Å². The summed E-state index contributed by atoms with van der Waals surface area (Å²) >= 11 is 11.6. The van der Waals surface area contributed by atoms with Gasteiger partial charge in [0.25, 0.3) is 0 Å². The minimum atomic E-state index is -3.71. The lowest BCUT2D eigenvalue weighted by atomic mass is 10.4. The predicted octanol–water partition coefficient (Wildman–Crippen LogP) is 3.08. The normalized spacial score (nSPS) is 17.6. The maximum atomic E-state index is 12.8. The third-order valence-electron chi connectivity index (χ3n) is 4.32. The van der Waals surface area contributed by atoms with E-state index in [9.17, 15) is 16.8 Å². The van der Waals surface area contributed by atoms with Crippen LogP contribution in [0.3, 0.4) is 0 Å². The predicted molar refractivity (Wildman–Crippen MR) is 105 cm³/mol. The number of hydrogen-bond acceptors (Lipinski definition) is 4. The number of rotatable bonds is 4. The maximum absolute atomic E-state index is 12.8. The summed E-state index contributed by atoms with van der Waals surface area (Å²) in [5.41, 5.74) is 0. The number of benzene rings is 2. The molecule has 10 heteroatoms. The fourth-order valence-electron chi connectivity index (χ4n) is 2.86. The van der Waals surface area contributed by atoms with Crippen LogP contribution < -0.4 is 0 Å². The molecule has 0 aromatic heterocycles. The molecule has 0 atom stereocenters. The maximum Gasteiger partial charge on any atom is 0.243 e. The first-order valence-electron chi connectivity index (χ1n) is 8.23. The van der Waals surface area contributed by atoms with E-state index >= 15 is 0 Å². The van der Waals surface area contributed by atoms with Crippen molar-refractivity contribution in [3.05, 3.63) is 58.6 Å². The summed E-state index contributed by atoms with van der Waals surface area (Å²) in [6.07, 6.45) is 0.402. The number of halogens is 2. The van der Waals surface area contributed by atoms with Gasteiger partial charge in [-0.1, -0.05) is 23.2 Å². The van der Waals surface area contributed by atoms with E-state index in [0.717, 1.165) is 0 Å². The summed E-state index contributed by atoms with van der Waals surface area (Å²) in [7, 11) is -7.41. The average molecular weight is 449 g/mol. The summed E-state index contributed by atoms with van der Waals surface area (Å²) in [5, 5.41) is 0.898. The summed E-state index contributed by atoms with van der Waals surface area (Å²) < 4.78 is 53.9. The quantitative estimate of drug-likeness (QED) is 0.719. The molecule has 3 rings (SSSR count). The topological polar surface area (TPSA) is 74.8 Å². The third-order valence-corrected chi connectivity index (χ3v) is 8.65. The van der Waals surface area contributed by atoms with Gasteiger partial charge in [0.05, 0.1) is 9.79 Å². The number of nitrogens with zero attached hydrogens (tertiary/aromatic N) is 2. The van der Waals surface area contributed by atoms with Crippen molar-refractivity contribution in [2.75, 3.05) is 26.2 Å². The Labute approximate surface area is 169 Å². The van der Waals surface area contributed by atoms with Crippen LogP contribution in [0.1, 0.15) is 6.42 Å². The SMILES string of the molecule is O=S(=O)(c1ccc(Cl)cc1)N1CCCN(S(=O)(=O)c2ccc(Cl)cc2)CC1. The molecule has 146 valence electrons. The minimum absolute atomic E-state index is 0.0811. The first-order chi connectivity index (χ1) is 12.7. The van der Waals surface area contributed by atoms with Crippen molar-refractivity contribution in [1.82, 2.24) is 8.61 Å². The van der Waals surface area contributed by atoms with Crippen LogP contribution in [0.25, 0.3) is 0 Å². The van der Waals surface area contributed by atoms with E-state index in [0.29, 0.717) is 16.5 Å². The van der Waals surface area contributed by atoms with E-state index in [1.54, 1.807) is 0 Å². The molecule has 1 saturated heterocycles. The van der Waals surface area contributed by atoms with E-state index < -0.39 is 20.0 Å². The lowest BCUT2D eigenvalue weighted by molar-refractivity contribution is 0.404. The Morgan fingerprint density at radius 3 is 1.26 bits per heavy atom.